The van der Waals surface area contributed by atoms with Crippen molar-refractivity contribution in [2.24, 2.45) is 11.1 Å². The molecule has 2 atom stereocenters. The van der Waals surface area contributed by atoms with Crippen LogP contribution in [-0.4, -0.2) is 11.9 Å². The van der Waals surface area contributed by atoms with Crippen molar-refractivity contribution in [3.8, 4) is 0 Å². The number of hydrogen-bond acceptors (Lipinski definition) is 2. The number of carbonyl (C=O) groups excluding carboxylic acids is 1. The normalized spacial score (nSPS) is 23.1. The van der Waals surface area contributed by atoms with E-state index < -0.39 is 0 Å². The Hall–Kier alpha value is -1.35. The summed E-state index contributed by atoms with van der Waals surface area (Å²) < 4.78 is 0. The summed E-state index contributed by atoms with van der Waals surface area (Å²) in [5.74, 6) is 0.0732. The maximum atomic E-state index is 12.1. The van der Waals surface area contributed by atoms with Crippen molar-refractivity contribution in [1.82, 2.24) is 5.32 Å². The Kier molecular flexibility index (Phi) is 4.81. The zero-order valence-electron chi connectivity index (χ0n) is 12.6. The molecule has 0 aromatic heterocycles. The molecule has 3 N–H and O–H groups in total. The minimum absolute atomic E-state index is 0.0732. The highest BCUT2D eigenvalue weighted by Gasteiger charge is 2.28. The predicted octanol–water partition coefficient (Wildman–Crippen LogP) is 3.16. The van der Waals surface area contributed by atoms with E-state index >= 15 is 0 Å². The van der Waals surface area contributed by atoms with Crippen LogP contribution < -0.4 is 11.1 Å². The van der Waals surface area contributed by atoms with Gasteiger partial charge in [0.1, 0.15) is 0 Å². The third kappa shape index (κ3) is 4.34. The molecule has 1 aliphatic rings. The predicted molar refractivity (Wildman–Crippen MR) is 82.2 cm³/mol. The van der Waals surface area contributed by atoms with Crippen LogP contribution in [-0.2, 0) is 4.79 Å². The molecule has 110 valence electrons. The number of amides is 1. The zero-order valence-corrected chi connectivity index (χ0v) is 12.6. The third-order valence-electron chi connectivity index (χ3n) is 4.20. The highest BCUT2D eigenvalue weighted by molar-refractivity contribution is 5.77. The minimum Gasteiger partial charge on any atom is -0.353 e. The summed E-state index contributed by atoms with van der Waals surface area (Å²) in [5, 5.41) is 3.16. The molecule has 1 aliphatic carbocycles. The van der Waals surface area contributed by atoms with Gasteiger partial charge in [-0.3, -0.25) is 4.79 Å². The summed E-state index contributed by atoms with van der Waals surface area (Å²) in [6.07, 6.45) is 4.97. The SMILES string of the molecule is CC1(C)CCCC(NC(=O)CC(N)c2ccccc2)C1. The monoisotopic (exact) mass is 274 g/mol. The molecule has 1 amide bonds. The number of hydrogen-bond donors (Lipinski definition) is 2. The minimum atomic E-state index is -0.215. The van der Waals surface area contributed by atoms with Crippen LogP contribution in [0.1, 0.15) is 57.6 Å². The van der Waals surface area contributed by atoms with Gasteiger partial charge in [0.2, 0.25) is 5.91 Å². The van der Waals surface area contributed by atoms with Crippen LogP contribution in [0.5, 0.6) is 0 Å². The second kappa shape index (κ2) is 6.40. The summed E-state index contributed by atoms with van der Waals surface area (Å²) in [5.41, 5.74) is 7.46. The Morgan fingerprint density at radius 3 is 2.75 bits per heavy atom. The topological polar surface area (TPSA) is 55.1 Å². The van der Waals surface area contributed by atoms with Crippen LogP contribution >= 0.6 is 0 Å². The molecule has 0 radical (unpaired) electrons. The van der Waals surface area contributed by atoms with E-state index in [0.717, 1.165) is 18.4 Å². The Morgan fingerprint density at radius 2 is 2.10 bits per heavy atom. The Labute approximate surface area is 121 Å². The van der Waals surface area contributed by atoms with Crippen LogP contribution in [0.15, 0.2) is 30.3 Å². The summed E-state index contributed by atoms with van der Waals surface area (Å²) in [4.78, 5) is 12.1. The van der Waals surface area contributed by atoms with Crippen molar-refractivity contribution in [2.75, 3.05) is 0 Å². The summed E-state index contributed by atoms with van der Waals surface area (Å²) in [6, 6.07) is 9.92. The fourth-order valence-corrected chi connectivity index (χ4v) is 3.13. The molecule has 0 aliphatic heterocycles. The molecule has 0 heterocycles. The maximum absolute atomic E-state index is 12.1. The van der Waals surface area contributed by atoms with Crippen molar-refractivity contribution in [2.45, 2.75) is 58.0 Å². The van der Waals surface area contributed by atoms with Crippen LogP contribution in [0.25, 0.3) is 0 Å². The number of benzene rings is 1. The molecule has 1 fully saturated rings. The van der Waals surface area contributed by atoms with Gasteiger partial charge < -0.3 is 11.1 Å². The highest BCUT2D eigenvalue weighted by Crippen LogP contribution is 2.35. The Morgan fingerprint density at radius 1 is 1.40 bits per heavy atom. The molecule has 0 spiro atoms. The molecular formula is C17H26N2O. The Balaban J connectivity index is 1.83. The molecule has 1 aromatic rings. The second-order valence-corrected chi connectivity index (χ2v) is 6.75. The number of nitrogens with one attached hydrogen (secondary N) is 1. The largest absolute Gasteiger partial charge is 0.353 e. The second-order valence-electron chi connectivity index (χ2n) is 6.75. The van der Waals surface area contributed by atoms with E-state index in [9.17, 15) is 4.79 Å². The van der Waals surface area contributed by atoms with Gasteiger partial charge in [0.05, 0.1) is 0 Å². The fraction of sp³-hybridized carbons (Fsp3) is 0.588. The number of nitrogens with two attached hydrogens (primary N) is 1. The van der Waals surface area contributed by atoms with Gasteiger partial charge in [-0.15, -0.1) is 0 Å². The first-order chi connectivity index (χ1) is 9.46. The molecule has 2 unspecified atom stereocenters. The lowest BCUT2D eigenvalue weighted by molar-refractivity contribution is -0.122. The fourth-order valence-electron chi connectivity index (χ4n) is 3.13. The van der Waals surface area contributed by atoms with E-state index in [1.807, 2.05) is 30.3 Å². The smallest absolute Gasteiger partial charge is 0.222 e. The van der Waals surface area contributed by atoms with Crippen LogP contribution in [0, 0.1) is 5.41 Å². The van der Waals surface area contributed by atoms with Crippen molar-refractivity contribution in [1.29, 1.82) is 0 Å². The van der Waals surface area contributed by atoms with Gasteiger partial charge in [-0.25, -0.2) is 0 Å². The molecule has 2 rings (SSSR count). The van der Waals surface area contributed by atoms with E-state index in [0.29, 0.717) is 17.9 Å². The first kappa shape index (κ1) is 15.0. The summed E-state index contributed by atoms with van der Waals surface area (Å²) >= 11 is 0. The molecule has 1 aromatic carbocycles. The lowest BCUT2D eigenvalue weighted by Gasteiger charge is -2.35. The molecule has 3 nitrogen and oxygen atoms in total. The van der Waals surface area contributed by atoms with Crippen molar-refractivity contribution < 1.29 is 4.79 Å². The first-order valence-electron chi connectivity index (χ1n) is 7.56. The number of rotatable bonds is 4. The van der Waals surface area contributed by atoms with Gasteiger partial charge >= 0.3 is 0 Å². The average molecular weight is 274 g/mol. The maximum Gasteiger partial charge on any atom is 0.222 e. The molecular weight excluding hydrogens is 248 g/mol. The quantitative estimate of drug-likeness (QED) is 0.886. The van der Waals surface area contributed by atoms with Crippen LogP contribution in [0.4, 0.5) is 0 Å². The van der Waals surface area contributed by atoms with E-state index in [2.05, 4.69) is 19.2 Å². The lowest BCUT2D eigenvalue weighted by atomic mass is 9.75. The summed E-state index contributed by atoms with van der Waals surface area (Å²) in [6.45, 7) is 4.56. The molecule has 0 saturated heterocycles. The van der Waals surface area contributed by atoms with Crippen LogP contribution in [0.3, 0.4) is 0 Å². The van der Waals surface area contributed by atoms with Gasteiger partial charge in [0.15, 0.2) is 0 Å². The van der Waals surface area contributed by atoms with E-state index in [-0.39, 0.29) is 11.9 Å². The van der Waals surface area contributed by atoms with Crippen molar-refractivity contribution >= 4 is 5.91 Å². The van der Waals surface area contributed by atoms with Gasteiger partial charge in [0.25, 0.3) is 0 Å². The van der Waals surface area contributed by atoms with Crippen molar-refractivity contribution in [3.05, 3.63) is 35.9 Å². The van der Waals surface area contributed by atoms with Crippen molar-refractivity contribution in [3.63, 3.8) is 0 Å². The van der Waals surface area contributed by atoms with E-state index in [4.69, 9.17) is 5.73 Å². The van der Waals surface area contributed by atoms with E-state index in [1.54, 1.807) is 0 Å². The molecule has 0 bridgehead atoms. The molecule has 20 heavy (non-hydrogen) atoms. The van der Waals surface area contributed by atoms with E-state index in [1.165, 1.54) is 12.8 Å². The van der Waals surface area contributed by atoms with Gasteiger partial charge in [0, 0.05) is 18.5 Å². The zero-order chi connectivity index (χ0) is 14.6. The van der Waals surface area contributed by atoms with Gasteiger partial charge in [-0.05, 0) is 30.2 Å². The van der Waals surface area contributed by atoms with Gasteiger partial charge in [-0.2, -0.15) is 0 Å². The Bertz CT molecular complexity index is 442. The third-order valence-corrected chi connectivity index (χ3v) is 4.20. The van der Waals surface area contributed by atoms with Gasteiger partial charge in [-0.1, -0.05) is 50.6 Å². The first-order valence-corrected chi connectivity index (χ1v) is 7.56. The number of carbonyl (C=O) groups is 1. The molecule has 1 saturated carbocycles. The average Bonchev–Trinajstić information content (AvgIpc) is 2.38. The van der Waals surface area contributed by atoms with Crippen LogP contribution in [0.2, 0.25) is 0 Å². The standard InChI is InChI=1S/C17H26N2O/c1-17(2)10-6-9-14(12-17)19-16(20)11-15(18)13-7-4-3-5-8-13/h3-5,7-8,14-15H,6,9-12,18H2,1-2H3,(H,19,20). The molecule has 3 heteroatoms. The highest BCUT2D eigenvalue weighted by atomic mass is 16.1. The summed E-state index contributed by atoms with van der Waals surface area (Å²) in [7, 11) is 0. The lowest BCUT2D eigenvalue weighted by Crippen LogP contribution is -2.41.